The molecule has 39 heavy (non-hydrogen) atoms. The molecule has 0 aliphatic heterocycles. The molecule has 0 aromatic heterocycles. The van der Waals surface area contributed by atoms with Crippen LogP contribution in [0.5, 0.6) is 0 Å². The summed E-state index contributed by atoms with van der Waals surface area (Å²) in [7, 11) is -3.65. The first kappa shape index (κ1) is 32.3. The molecule has 2 aromatic carbocycles. The Hall–Kier alpha value is -2.89. The first-order chi connectivity index (χ1) is 18.4. The number of nitrogens with one attached hydrogen (secondary N) is 2. The molecule has 0 saturated heterocycles. The lowest BCUT2D eigenvalue weighted by atomic mass is 10.0. The van der Waals surface area contributed by atoms with Gasteiger partial charge in [-0.25, -0.2) is 22.0 Å². The van der Waals surface area contributed by atoms with Gasteiger partial charge in [0.1, 0.15) is 23.8 Å². The number of benzene rings is 2. The Labute approximate surface area is 229 Å². The second-order valence-electron chi connectivity index (χ2n) is 9.65. The van der Waals surface area contributed by atoms with Gasteiger partial charge < -0.3 is 21.1 Å². The molecule has 0 spiro atoms. The van der Waals surface area contributed by atoms with Crippen LogP contribution < -0.4 is 16.4 Å². The van der Waals surface area contributed by atoms with Gasteiger partial charge in [-0.15, -0.1) is 0 Å². The Morgan fingerprint density at radius 3 is 2.31 bits per heavy atom. The van der Waals surface area contributed by atoms with Crippen molar-refractivity contribution in [2.24, 2.45) is 5.73 Å². The number of rotatable bonds is 16. The summed E-state index contributed by atoms with van der Waals surface area (Å²) in [6.45, 7) is 5.58. The van der Waals surface area contributed by atoms with E-state index in [9.17, 15) is 26.8 Å². The van der Waals surface area contributed by atoms with E-state index in [0.29, 0.717) is 19.4 Å². The molecule has 0 unspecified atom stereocenters. The predicted molar refractivity (Wildman–Crippen MR) is 147 cm³/mol. The van der Waals surface area contributed by atoms with Crippen LogP contribution in [0.25, 0.3) is 0 Å². The summed E-state index contributed by atoms with van der Waals surface area (Å²) in [6.07, 6.45) is 0.936. The molecule has 0 heterocycles. The number of halogens is 2. The molecule has 11 heteroatoms. The number of hydrogen-bond acceptors (Lipinski definition) is 7. The van der Waals surface area contributed by atoms with Crippen LogP contribution in [0.4, 0.5) is 8.78 Å². The fraction of sp³-hybridized carbons (Fsp3) is 0.500. The number of carbonyl (C=O) groups excluding carboxylic acids is 2. The zero-order valence-corrected chi connectivity index (χ0v) is 23.5. The maximum absolute atomic E-state index is 13.7. The third-order valence-corrected chi connectivity index (χ3v) is 7.86. The highest BCUT2D eigenvalue weighted by Crippen LogP contribution is 2.14. The number of unbranched alkanes of at least 4 members (excludes halogenated alkanes) is 1. The lowest BCUT2D eigenvalue weighted by molar-refractivity contribution is -0.153. The molecule has 0 fully saturated rings. The molecule has 2 aromatic rings. The summed E-state index contributed by atoms with van der Waals surface area (Å²) in [5.41, 5.74) is 8.78. The Morgan fingerprint density at radius 2 is 1.69 bits per heavy atom. The van der Waals surface area contributed by atoms with Crippen molar-refractivity contribution < 1.29 is 31.5 Å². The van der Waals surface area contributed by atoms with Crippen LogP contribution in [0.2, 0.25) is 0 Å². The monoisotopic (exact) mass is 567 g/mol. The lowest BCUT2D eigenvalue weighted by Gasteiger charge is -2.27. The molecular formula is C28H39F2N3O5S. The van der Waals surface area contributed by atoms with Gasteiger partial charge in [-0.2, -0.15) is 0 Å². The van der Waals surface area contributed by atoms with Gasteiger partial charge in [-0.3, -0.25) is 4.79 Å². The summed E-state index contributed by atoms with van der Waals surface area (Å²) in [4.78, 5) is 24.9. The van der Waals surface area contributed by atoms with E-state index in [4.69, 9.17) is 10.5 Å². The lowest BCUT2D eigenvalue weighted by Crippen LogP contribution is -2.51. The molecule has 0 aliphatic carbocycles. The van der Waals surface area contributed by atoms with Crippen molar-refractivity contribution in [3.8, 4) is 0 Å². The largest absolute Gasteiger partial charge is 0.458 e. The summed E-state index contributed by atoms with van der Waals surface area (Å²) in [5.74, 6) is -3.80. The van der Waals surface area contributed by atoms with Crippen molar-refractivity contribution in [1.29, 1.82) is 0 Å². The van der Waals surface area contributed by atoms with Crippen LogP contribution in [0.1, 0.15) is 50.3 Å². The summed E-state index contributed by atoms with van der Waals surface area (Å²) in [6, 6.07) is 8.65. The summed E-state index contributed by atoms with van der Waals surface area (Å²) >= 11 is 0. The molecule has 8 nitrogen and oxygen atoms in total. The molecule has 2 rings (SSSR count). The smallest absolute Gasteiger partial charge is 0.330 e. The fourth-order valence-electron chi connectivity index (χ4n) is 4.08. The topological polar surface area (TPSA) is 128 Å². The average Bonchev–Trinajstić information content (AvgIpc) is 2.85. The van der Waals surface area contributed by atoms with Crippen molar-refractivity contribution in [1.82, 2.24) is 10.6 Å². The van der Waals surface area contributed by atoms with Gasteiger partial charge in [-0.1, -0.05) is 44.5 Å². The van der Waals surface area contributed by atoms with Crippen LogP contribution in [-0.4, -0.2) is 56.5 Å². The van der Waals surface area contributed by atoms with Gasteiger partial charge in [0.25, 0.3) is 0 Å². The van der Waals surface area contributed by atoms with E-state index in [-0.39, 0.29) is 24.3 Å². The highest BCUT2D eigenvalue weighted by atomic mass is 32.2. The molecule has 216 valence electrons. The van der Waals surface area contributed by atoms with E-state index in [1.807, 2.05) is 38.1 Å². The maximum atomic E-state index is 13.7. The first-order valence-corrected chi connectivity index (χ1v) is 14.9. The van der Waals surface area contributed by atoms with Crippen molar-refractivity contribution in [2.45, 2.75) is 71.2 Å². The SMILES string of the molecule is CCCCS(=O)(=O)C[C@@H](NC(C)=O)C(=O)O[C@H](CNCc1cccc(CC)c1)[C@@H](N)Cc1cc(F)cc(F)c1. The van der Waals surface area contributed by atoms with Gasteiger partial charge in [0.15, 0.2) is 9.84 Å². The minimum Gasteiger partial charge on any atom is -0.458 e. The number of nitrogens with two attached hydrogens (primary N) is 1. The summed E-state index contributed by atoms with van der Waals surface area (Å²) in [5, 5.41) is 5.56. The minimum atomic E-state index is -3.65. The predicted octanol–water partition coefficient (Wildman–Crippen LogP) is 2.82. The Morgan fingerprint density at radius 1 is 1.03 bits per heavy atom. The quantitative estimate of drug-likeness (QED) is 0.266. The van der Waals surface area contributed by atoms with E-state index >= 15 is 0 Å². The van der Waals surface area contributed by atoms with Crippen LogP contribution in [-0.2, 0) is 43.5 Å². The summed E-state index contributed by atoms with van der Waals surface area (Å²) < 4.78 is 58.2. The van der Waals surface area contributed by atoms with Gasteiger partial charge in [0.05, 0.1) is 11.5 Å². The van der Waals surface area contributed by atoms with Gasteiger partial charge in [0, 0.05) is 32.1 Å². The second kappa shape index (κ2) is 15.6. The van der Waals surface area contributed by atoms with Crippen LogP contribution in [0.15, 0.2) is 42.5 Å². The van der Waals surface area contributed by atoms with Gasteiger partial charge in [0.2, 0.25) is 5.91 Å². The van der Waals surface area contributed by atoms with Crippen LogP contribution in [0.3, 0.4) is 0 Å². The number of hydrogen-bond donors (Lipinski definition) is 3. The Bertz CT molecular complexity index is 1190. The van der Waals surface area contributed by atoms with E-state index < -0.39 is 57.3 Å². The molecule has 0 bridgehead atoms. The highest BCUT2D eigenvalue weighted by molar-refractivity contribution is 7.91. The zero-order valence-electron chi connectivity index (χ0n) is 22.7. The van der Waals surface area contributed by atoms with Crippen molar-refractivity contribution in [3.63, 3.8) is 0 Å². The number of aryl methyl sites for hydroxylation is 1. The zero-order chi connectivity index (χ0) is 29.0. The van der Waals surface area contributed by atoms with Crippen molar-refractivity contribution in [2.75, 3.05) is 18.1 Å². The van der Waals surface area contributed by atoms with Crippen molar-refractivity contribution in [3.05, 3.63) is 70.8 Å². The molecule has 3 atom stereocenters. The van der Waals surface area contributed by atoms with Crippen LogP contribution >= 0.6 is 0 Å². The van der Waals surface area contributed by atoms with Gasteiger partial charge >= 0.3 is 5.97 Å². The Balaban J connectivity index is 2.21. The normalized spacial score (nSPS) is 13.9. The third kappa shape index (κ3) is 11.8. The standard InChI is InChI=1S/C28H39F2N3O5S/c1-4-6-10-39(36,37)18-26(33-19(3)34)28(35)38-27(17-32-16-21-9-7-8-20(5-2)11-21)25(31)14-22-12-23(29)15-24(30)13-22/h7-9,11-13,15,25-27,32H,4-6,10,14,16-18,31H2,1-3H3,(H,33,34)/t25-,26+,27+/m0/s1. The highest BCUT2D eigenvalue weighted by Gasteiger charge is 2.31. The van der Waals surface area contributed by atoms with E-state index in [0.717, 1.165) is 35.7 Å². The average molecular weight is 568 g/mol. The molecule has 4 N–H and O–H groups in total. The van der Waals surface area contributed by atoms with Gasteiger partial charge in [-0.05, 0) is 48.1 Å². The number of esters is 1. The van der Waals surface area contributed by atoms with Crippen LogP contribution in [0, 0.1) is 11.6 Å². The fourth-order valence-corrected chi connectivity index (χ4v) is 5.70. The number of amides is 1. The molecular weight excluding hydrogens is 528 g/mol. The number of carbonyl (C=O) groups is 2. The molecule has 1 amide bonds. The number of ether oxygens (including phenoxy) is 1. The maximum Gasteiger partial charge on any atom is 0.330 e. The van der Waals surface area contributed by atoms with E-state index in [1.54, 1.807) is 0 Å². The van der Waals surface area contributed by atoms with E-state index in [2.05, 4.69) is 10.6 Å². The second-order valence-corrected chi connectivity index (χ2v) is 11.9. The number of sulfone groups is 1. The minimum absolute atomic E-state index is 0.0147. The molecule has 0 radical (unpaired) electrons. The van der Waals surface area contributed by atoms with E-state index in [1.165, 1.54) is 6.92 Å². The first-order valence-electron chi connectivity index (χ1n) is 13.1. The third-order valence-electron chi connectivity index (χ3n) is 6.10. The van der Waals surface area contributed by atoms with Crippen molar-refractivity contribution >= 4 is 21.7 Å². The molecule has 0 aliphatic rings. The Kier molecular flexibility index (Phi) is 13.0. The molecule has 0 saturated carbocycles.